The summed E-state index contributed by atoms with van der Waals surface area (Å²) in [4.78, 5) is 0. The van der Waals surface area contributed by atoms with Crippen LogP contribution in [-0.4, -0.2) is 43.1 Å². The van der Waals surface area contributed by atoms with Gasteiger partial charge >= 0.3 is 0 Å². The standard InChI is InChI=1S/C16H20O5/c1-16(2)20-14-13(18-8-10-6-4-3-5-7-10)12(11-9-17-11)19-15(14)21-16/h3-7,11-15H,8-9H2,1-2H3/t11?,12-,13?,14?,15-/m1/s1. The van der Waals surface area contributed by atoms with Crippen molar-refractivity contribution >= 4 is 0 Å². The van der Waals surface area contributed by atoms with Gasteiger partial charge in [-0.2, -0.15) is 0 Å². The van der Waals surface area contributed by atoms with E-state index in [-0.39, 0.29) is 30.7 Å². The van der Waals surface area contributed by atoms with Crippen LogP contribution in [0, 0.1) is 0 Å². The van der Waals surface area contributed by atoms with Gasteiger partial charge < -0.3 is 23.7 Å². The third-order valence-corrected chi connectivity index (χ3v) is 4.04. The van der Waals surface area contributed by atoms with Gasteiger partial charge in [-0.1, -0.05) is 30.3 Å². The summed E-state index contributed by atoms with van der Waals surface area (Å²) in [6.07, 6.45) is -0.733. The van der Waals surface area contributed by atoms with Gasteiger partial charge in [-0.15, -0.1) is 0 Å². The molecule has 0 aromatic heterocycles. The Kier molecular flexibility index (Phi) is 3.28. The fraction of sp³-hybridized carbons (Fsp3) is 0.625. The second kappa shape index (κ2) is 5.04. The van der Waals surface area contributed by atoms with Crippen molar-refractivity contribution in [2.75, 3.05) is 6.61 Å². The number of epoxide rings is 1. The van der Waals surface area contributed by atoms with E-state index >= 15 is 0 Å². The molecule has 3 aliphatic rings. The summed E-state index contributed by atoms with van der Waals surface area (Å²) >= 11 is 0. The van der Waals surface area contributed by atoms with Gasteiger partial charge in [0, 0.05) is 0 Å². The predicted octanol–water partition coefficient (Wildman–Crippen LogP) is 1.85. The first-order valence-corrected chi connectivity index (χ1v) is 7.41. The van der Waals surface area contributed by atoms with Crippen LogP contribution in [0.15, 0.2) is 30.3 Å². The van der Waals surface area contributed by atoms with Crippen molar-refractivity contribution in [2.45, 2.75) is 56.9 Å². The van der Waals surface area contributed by atoms with Crippen LogP contribution in [0.25, 0.3) is 0 Å². The molecule has 0 saturated carbocycles. The largest absolute Gasteiger partial charge is 0.370 e. The smallest absolute Gasteiger partial charge is 0.190 e. The summed E-state index contributed by atoms with van der Waals surface area (Å²) in [5, 5.41) is 0. The molecule has 21 heavy (non-hydrogen) atoms. The molecule has 3 saturated heterocycles. The van der Waals surface area contributed by atoms with Crippen molar-refractivity contribution in [1.29, 1.82) is 0 Å². The predicted molar refractivity (Wildman–Crippen MR) is 73.5 cm³/mol. The fourth-order valence-corrected chi connectivity index (χ4v) is 3.01. The van der Waals surface area contributed by atoms with E-state index in [4.69, 9.17) is 23.7 Å². The van der Waals surface area contributed by atoms with Gasteiger partial charge in [0.25, 0.3) is 0 Å². The van der Waals surface area contributed by atoms with E-state index in [9.17, 15) is 0 Å². The minimum atomic E-state index is -0.626. The van der Waals surface area contributed by atoms with E-state index in [1.54, 1.807) is 0 Å². The SMILES string of the molecule is CC1(C)OC2C(OCc3ccccc3)[C@@H](C3CO3)O[C@@H]2O1. The molecule has 0 bridgehead atoms. The summed E-state index contributed by atoms with van der Waals surface area (Å²) in [6.45, 7) is 5.04. The molecule has 3 unspecified atom stereocenters. The molecular formula is C16H20O5. The Morgan fingerprint density at radius 1 is 1.14 bits per heavy atom. The fourth-order valence-electron chi connectivity index (χ4n) is 3.01. The summed E-state index contributed by atoms with van der Waals surface area (Å²) < 4.78 is 29.2. The molecule has 0 radical (unpaired) electrons. The van der Waals surface area contributed by atoms with Gasteiger partial charge in [-0.05, 0) is 19.4 Å². The molecule has 5 heteroatoms. The molecule has 1 aromatic carbocycles. The maximum Gasteiger partial charge on any atom is 0.190 e. The van der Waals surface area contributed by atoms with E-state index in [0.29, 0.717) is 6.61 Å². The highest BCUT2D eigenvalue weighted by molar-refractivity contribution is 5.13. The quantitative estimate of drug-likeness (QED) is 0.793. The summed E-state index contributed by atoms with van der Waals surface area (Å²) in [5.41, 5.74) is 1.13. The van der Waals surface area contributed by atoms with Crippen LogP contribution in [0.3, 0.4) is 0 Å². The zero-order chi connectivity index (χ0) is 14.4. The molecule has 5 nitrogen and oxygen atoms in total. The second-order valence-electron chi connectivity index (χ2n) is 6.20. The second-order valence-corrected chi connectivity index (χ2v) is 6.20. The molecule has 4 rings (SSSR count). The highest BCUT2D eigenvalue weighted by atomic mass is 16.8. The van der Waals surface area contributed by atoms with E-state index in [1.165, 1.54) is 0 Å². The Labute approximate surface area is 124 Å². The van der Waals surface area contributed by atoms with Crippen LogP contribution >= 0.6 is 0 Å². The van der Waals surface area contributed by atoms with Gasteiger partial charge in [-0.25, -0.2) is 0 Å². The first-order valence-electron chi connectivity index (χ1n) is 7.41. The van der Waals surface area contributed by atoms with Crippen LogP contribution in [0.1, 0.15) is 19.4 Å². The van der Waals surface area contributed by atoms with Crippen molar-refractivity contribution < 1.29 is 23.7 Å². The lowest BCUT2D eigenvalue weighted by atomic mass is 10.1. The van der Waals surface area contributed by atoms with Gasteiger partial charge in [-0.3, -0.25) is 0 Å². The average molecular weight is 292 g/mol. The summed E-state index contributed by atoms with van der Waals surface area (Å²) in [5.74, 6) is -0.626. The minimum absolute atomic E-state index is 0.103. The molecule has 5 atom stereocenters. The van der Waals surface area contributed by atoms with Gasteiger partial charge in [0.15, 0.2) is 12.1 Å². The Balaban J connectivity index is 1.47. The van der Waals surface area contributed by atoms with Crippen LogP contribution in [0.4, 0.5) is 0 Å². The van der Waals surface area contributed by atoms with Crippen molar-refractivity contribution in [3.8, 4) is 0 Å². The van der Waals surface area contributed by atoms with E-state index < -0.39 is 5.79 Å². The maximum absolute atomic E-state index is 6.10. The minimum Gasteiger partial charge on any atom is -0.370 e. The Hall–Kier alpha value is -0.980. The van der Waals surface area contributed by atoms with E-state index in [1.807, 2.05) is 44.2 Å². The first kappa shape index (κ1) is 13.7. The van der Waals surface area contributed by atoms with Crippen molar-refractivity contribution in [1.82, 2.24) is 0 Å². The molecule has 3 fully saturated rings. The zero-order valence-electron chi connectivity index (χ0n) is 12.2. The Bertz CT molecular complexity index is 499. The maximum atomic E-state index is 6.10. The molecule has 3 aliphatic heterocycles. The molecule has 3 heterocycles. The topological polar surface area (TPSA) is 49.5 Å². The molecule has 0 spiro atoms. The lowest BCUT2D eigenvalue weighted by Gasteiger charge is -2.25. The highest BCUT2D eigenvalue weighted by Gasteiger charge is 2.59. The monoisotopic (exact) mass is 292 g/mol. The molecule has 0 aliphatic carbocycles. The molecular weight excluding hydrogens is 272 g/mol. The zero-order valence-corrected chi connectivity index (χ0v) is 12.2. The molecule has 1 aromatic rings. The lowest BCUT2D eigenvalue weighted by Crippen LogP contribution is -2.39. The lowest BCUT2D eigenvalue weighted by molar-refractivity contribution is -0.221. The summed E-state index contributed by atoms with van der Waals surface area (Å²) in [6, 6.07) is 10.1. The molecule has 0 amide bonds. The van der Waals surface area contributed by atoms with E-state index in [0.717, 1.165) is 12.2 Å². The Morgan fingerprint density at radius 2 is 1.90 bits per heavy atom. The van der Waals surface area contributed by atoms with Crippen LogP contribution in [0.2, 0.25) is 0 Å². The van der Waals surface area contributed by atoms with Crippen LogP contribution in [-0.2, 0) is 30.3 Å². The average Bonchev–Trinajstić information content (AvgIpc) is 3.18. The van der Waals surface area contributed by atoms with Gasteiger partial charge in [0.2, 0.25) is 0 Å². The van der Waals surface area contributed by atoms with Gasteiger partial charge in [0.05, 0.1) is 13.2 Å². The van der Waals surface area contributed by atoms with Crippen molar-refractivity contribution in [3.63, 3.8) is 0 Å². The number of hydrogen-bond acceptors (Lipinski definition) is 5. The van der Waals surface area contributed by atoms with Gasteiger partial charge in [0.1, 0.15) is 24.4 Å². The third-order valence-electron chi connectivity index (χ3n) is 4.04. The normalized spacial score (nSPS) is 40.2. The van der Waals surface area contributed by atoms with Crippen LogP contribution in [0.5, 0.6) is 0 Å². The first-order chi connectivity index (χ1) is 10.1. The number of ether oxygens (including phenoxy) is 5. The molecule has 114 valence electrons. The van der Waals surface area contributed by atoms with Crippen molar-refractivity contribution in [2.24, 2.45) is 0 Å². The van der Waals surface area contributed by atoms with Crippen LogP contribution < -0.4 is 0 Å². The highest BCUT2D eigenvalue weighted by Crippen LogP contribution is 2.42. The number of fused-ring (bicyclic) bond motifs is 1. The molecule has 0 N–H and O–H groups in total. The number of hydrogen-bond donors (Lipinski definition) is 0. The van der Waals surface area contributed by atoms with E-state index in [2.05, 4.69) is 0 Å². The number of rotatable bonds is 4. The van der Waals surface area contributed by atoms with Crippen molar-refractivity contribution in [3.05, 3.63) is 35.9 Å². The number of benzene rings is 1. The summed E-state index contributed by atoms with van der Waals surface area (Å²) in [7, 11) is 0. The third kappa shape index (κ3) is 2.72. The Morgan fingerprint density at radius 3 is 2.62 bits per heavy atom.